The minimum Gasteiger partial charge on any atom is -0.487 e. The van der Waals surface area contributed by atoms with E-state index >= 15 is 0 Å². The Labute approximate surface area is 118 Å². The largest absolute Gasteiger partial charge is 0.487 e. The van der Waals surface area contributed by atoms with Gasteiger partial charge in [-0.1, -0.05) is 17.3 Å². The summed E-state index contributed by atoms with van der Waals surface area (Å²) in [6.45, 7) is 0.309. The highest BCUT2D eigenvalue weighted by molar-refractivity contribution is 9.10. The van der Waals surface area contributed by atoms with E-state index in [9.17, 15) is 0 Å². The van der Waals surface area contributed by atoms with Gasteiger partial charge in [0, 0.05) is 10.7 Å². The summed E-state index contributed by atoms with van der Waals surface area (Å²) in [5, 5.41) is 11.7. The molecule has 0 unspecified atom stereocenters. The van der Waals surface area contributed by atoms with Crippen molar-refractivity contribution in [3.63, 3.8) is 0 Å². The Hall–Kier alpha value is -2.08. The summed E-state index contributed by atoms with van der Waals surface area (Å²) < 4.78 is 6.55. The molecule has 0 aliphatic heterocycles. The molecular formula is C13H12BrN3O2. The molecule has 0 atom stereocenters. The van der Waals surface area contributed by atoms with Gasteiger partial charge in [0.1, 0.15) is 12.4 Å². The molecule has 0 amide bonds. The number of hydrogen-bond donors (Lipinski definition) is 2. The number of nitrogens with two attached hydrogens (primary N) is 1. The molecule has 2 rings (SSSR count). The van der Waals surface area contributed by atoms with Gasteiger partial charge in [-0.05, 0) is 40.2 Å². The number of nitrogens with zero attached hydrogens (tertiary/aromatic N) is 2. The second-order valence-corrected chi connectivity index (χ2v) is 4.65. The van der Waals surface area contributed by atoms with Crippen LogP contribution in [0.2, 0.25) is 0 Å². The van der Waals surface area contributed by atoms with Gasteiger partial charge >= 0.3 is 0 Å². The SMILES string of the molecule is N/C(=N/O)c1ccccc1OCc1ccc(Br)cn1. The van der Waals surface area contributed by atoms with Crippen molar-refractivity contribution >= 4 is 21.8 Å². The average molecular weight is 322 g/mol. The number of hydrogen-bond acceptors (Lipinski definition) is 4. The molecule has 0 radical (unpaired) electrons. The van der Waals surface area contributed by atoms with Crippen LogP contribution in [0.3, 0.4) is 0 Å². The molecule has 0 bridgehead atoms. The predicted molar refractivity (Wildman–Crippen MR) is 75.2 cm³/mol. The molecule has 5 nitrogen and oxygen atoms in total. The van der Waals surface area contributed by atoms with Crippen molar-refractivity contribution in [1.29, 1.82) is 0 Å². The summed E-state index contributed by atoms with van der Waals surface area (Å²) in [6.07, 6.45) is 1.70. The van der Waals surface area contributed by atoms with E-state index in [-0.39, 0.29) is 5.84 Å². The molecule has 6 heteroatoms. The first-order valence-corrected chi connectivity index (χ1v) is 6.30. The van der Waals surface area contributed by atoms with E-state index in [0.29, 0.717) is 17.9 Å². The van der Waals surface area contributed by atoms with Crippen molar-refractivity contribution < 1.29 is 9.94 Å². The number of ether oxygens (including phenoxy) is 1. The molecule has 2 aromatic rings. The van der Waals surface area contributed by atoms with Crippen LogP contribution in [0.1, 0.15) is 11.3 Å². The summed E-state index contributed by atoms with van der Waals surface area (Å²) in [6, 6.07) is 10.8. The minimum atomic E-state index is 0.0133. The summed E-state index contributed by atoms with van der Waals surface area (Å²) in [4.78, 5) is 4.21. The zero-order valence-electron chi connectivity index (χ0n) is 9.95. The van der Waals surface area contributed by atoms with Gasteiger partial charge in [0.05, 0.1) is 11.3 Å². The Morgan fingerprint density at radius 1 is 1.32 bits per heavy atom. The monoisotopic (exact) mass is 321 g/mol. The standard InChI is InChI=1S/C13H12BrN3O2/c14-9-5-6-10(16-7-9)8-19-12-4-2-1-3-11(12)13(15)17-18/h1-7,18H,8H2,(H2,15,17). The summed E-state index contributed by atoms with van der Waals surface area (Å²) in [5.74, 6) is 0.557. The van der Waals surface area contributed by atoms with Crippen LogP contribution in [-0.4, -0.2) is 16.0 Å². The summed E-state index contributed by atoms with van der Waals surface area (Å²) in [7, 11) is 0. The summed E-state index contributed by atoms with van der Waals surface area (Å²) >= 11 is 3.32. The van der Waals surface area contributed by atoms with Crippen molar-refractivity contribution in [2.24, 2.45) is 10.9 Å². The summed E-state index contributed by atoms with van der Waals surface area (Å²) in [5.41, 5.74) is 6.92. The Morgan fingerprint density at radius 3 is 2.79 bits per heavy atom. The fourth-order valence-electron chi connectivity index (χ4n) is 1.50. The van der Waals surface area contributed by atoms with Crippen LogP contribution >= 0.6 is 15.9 Å². The van der Waals surface area contributed by atoms with Gasteiger partial charge < -0.3 is 15.7 Å². The first-order valence-electron chi connectivity index (χ1n) is 5.51. The lowest BCUT2D eigenvalue weighted by Crippen LogP contribution is -2.14. The molecule has 0 saturated carbocycles. The molecular weight excluding hydrogens is 310 g/mol. The van der Waals surface area contributed by atoms with Crippen LogP contribution in [0.4, 0.5) is 0 Å². The molecule has 0 saturated heterocycles. The third kappa shape index (κ3) is 3.45. The maximum atomic E-state index is 8.72. The fourth-order valence-corrected chi connectivity index (χ4v) is 1.74. The molecule has 0 spiro atoms. The number of rotatable bonds is 4. The van der Waals surface area contributed by atoms with E-state index in [1.807, 2.05) is 18.2 Å². The van der Waals surface area contributed by atoms with E-state index in [2.05, 4.69) is 26.1 Å². The molecule has 0 fully saturated rings. The van der Waals surface area contributed by atoms with Crippen LogP contribution in [0.15, 0.2) is 52.2 Å². The number of para-hydroxylation sites is 1. The van der Waals surface area contributed by atoms with Crippen LogP contribution in [0.5, 0.6) is 5.75 Å². The topological polar surface area (TPSA) is 80.7 Å². The fraction of sp³-hybridized carbons (Fsp3) is 0.0769. The van der Waals surface area contributed by atoms with E-state index in [1.54, 1.807) is 24.4 Å². The smallest absolute Gasteiger partial charge is 0.173 e. The number of amidine groups is 1. The average Bonchev–Trinajstić information content (AvgIpc) is 2.46. The Balaban J connectivity index is 2.13. The third-order valence-electron chi connectivity index (χ3n) is 2.43. The maximum Gasteiger partial charge on any atom is 0.173 e. The van der Waals surface area contributed by atoms with Crippen molar-refractivity contribution in [2.75, 3.05) is 0 Å². The molecule has 1 heterocycles. The first-order chi connectivity index (χ1) is 9.20. The number of halogens is 1. The minimum absolute atomic E-state index is 0.0133. The Morgan fingerprint density at radius 2 is 2.11 bits per heavy atom. The van der Waals surface area contributed by atoms with Crippen molar-refractivity contribution in [3.05, 3.63) is 58.3 Å². The molecule has 1 aromatic carbocycles. The quantitative estimate of drug-likeness (QED) is 0.392. The van der Waals surface area contributed by atoms with Gasteiger partial charge in [-0.3, -0.25) is 4.98 Å². The van der Waals surface area contributed by atoms with E-state index in [4.69, 9.17) is 15.7 Å². The highest BCUT2D eigenvalue weighted by Gasteiger charge is 2.07. The lowest BCUT2D eigenvalue weighted by atomic mass is 10.2. The molecule has 1 aromatic heterocycles. The van der Waals surface area contributed by atoms with E-state index in [0.717, 1.165) is 10.2 Å². The van der Waals surface area contributed by atoms with Crippen LogP contribution in [0, 0.1) is 0 Å². The van der Waals surface area contributed by atoms with Gasteiger partial charge in [0.2, 0.25) is 0 Å². The zero-order chi connectivity index (χ0) is 13.7. The van der Waals surface area contributed by atoms with E-state index < -0.39 is 0 Å². The van der Waals surface area contributed by atoms with Gasteiger partial charge in [-0.15, -0.1) is 0 Å². The molecule has 0 aliphatic rings. The Kier molecular flexibility index (Phi) is 4.35. The number of pyridine rings is 1. The first kappa shape index (κ1) is 13.4. The molecule has 3 N–H and O–H groups in total. The van der Waals surface area contributed by atoms with Crippen molar-refractivity contribution in [1.82, 2.24) is 4.98 Å². The van der Waals surface area contributed by atoms with Gasteiger partial charge in [0.15, 0.2) is 5.84 Å². The molecule has 0 aliphatic carbocycles. The van der Waals surface area contributed by atoms with Gasteiger partial charge in [-0.25, -0.2) is 0 Å². The van der Waals surface area contributed by atoms with E-state index in [1.165, 1.54) is 0 Å². The van der Waals surface area contributed by atoms with Crippen LogP contribution in [0.25, 0.3) is 0 Å². The Bertz CT molecular complexity index is 585. The second kappa shape index (κ2) is 6.19. The lowest BCUT2D eigenvalue weighted by molar-refractivity contribution is 0.299. The van der Waals surface area contributed by atoms with Crippen LogP contribution < -0.4 is 10.5 Å². The van der Waals surface area contributed by atoms with Gasteiger partial charge in [-0.2, -0.15) is 0 Å². The van der Waals surface area contributed by atoms with Gasteiger partial charge in [0.25, 0.3) is 0 Å². The number of aromatic nitrogens is 1. The number of benzene rings is 1. The second-order valence-electron chi connectivity index (χ2n) is 3.74. The van der Waals surface area contributed by atoms with Crippen molar-refractivity contribution in [2.45, 2.75) is 6.61 Å². The zero-order valence-corrected chi connectivity index (χ0v) is 11.5. The predicted octanol–water partition coefficient (Wildman–Crippen LogP) is 2.52. The van der Waals surface area contributed by atoms with Crippen LogP contribution in [-0.2, 0) is 6.61 Å². The highest BCUT2D eigenvalue weighted by atomic mass is 79.9. The number of oxime groups is 1. The normalized spacial score (nSPS) is 11.3. The third-order valence-corrected chi connectivity index (χ3v) is 2.90. The molecule has 98 valence electrons. The van der Waals surface area contributed by atoms with Crippen molar-refractivity contribution in [3.8, 4) is 5.75 Å². The molecule has 19 heavy (non-hydrogen) atoms. The lowest BCUT2D eigenvalue weighted by Gasteiger charge is -2.10. The maximum absolute atomic E-state index is 8.72. The highest BCUT2D eigenvalue weighted by Crippen LogP contribution is 2.19.